The molecule has 0 saturated carbocycles. The fourth-order valence-corrected chi connectivity index (χ4v) is 2.09. The Hall–Kier alpha value is -2.42. The fourth-order valence-electron chi connectivity index (χ4n) is 2.09. The van der Waals surface area contributed by atoms with E-state index in [0.717, 1.165) is 12.1 Å². The van der Waals surface area contributed by atoms with Crippen LogP contribution in [0.1, 0.15) is 0 Å². The molecule has 1 unspecified atom stereocenters. The van der Waals surface area contributed by atoms with Gasteiger partial charge in [-0.2, -0.15) is 35.1 Å². The van der Waals surface area contributed by atoms with E-state index in [1.165, 1.54) is 24.3 Å². The van der Waals surface area contributed by atoms with Crippen molar-refractivity contribution in [2.45, 2.75) is 37.0 Å². The zero-order valence-electron chi connectivity index (χ0n) is 14.4. The standard InChI is InChI=1S/C16H8F12O3/c17-11(30-14(22,23)13(20,21)15(24,25)31-16(26,27)28)12(18,19)29-10-6-5-8-3-1-2-4-9(8)7-10/h1-7,11H. The average molecular weight is 476 g/mol. The van der Waals surface area contributed by atoms with E-state index in [4.69, 9.17) is 0 Å². The molecule has 0 aromatic heterocycles. The van der Waals surface area contributed by atoms with Gasteiger partial charge < -0.3 is 4.74 Å². The van der Waals surface area contributed by atoms with Gasteiger partial charge in [0.05, 0.1) is 0 Å². The van der Waals surface area contributed by atoms with Gasteiger partial charge in [0.2, 0.25) is 0 Å². The first kappa shape index (κ1) is 24.8. The first-order valence-electron chi connectivity index (χ1n) is 7.66. The maximum absolute atomic E-state index is 13.7. The molecule has 0 heterocycles. The number of halogens is 12. The molecule has 0 amide bonds. The molecule has 2 aromatic carbocycles. The molecular weight excluding hydrogens is 468 g/mol. The minimum atomic E-state index is -7.22. The molecule has 2 aromatic rings. The van der Waals surface area contributed by atoms with Crippen LogP contribution >= 0.6 is 0 Å². The fraction of sp³-hybridized carbons (Fsp3) is 0.375. The van der Waals surface area contributed by atoms with E-state index in [-0.39, 0.29) is 5.39 Å². The van der Waals surface area contributed by atoms with Crippen LogP contribution in [0.2, 0.25) is 0 Å². The summed E-state index contributed by atoms with van der Waals surface area (Å²) in [4.78, 5) is 0. The van der Waals surface area contributed by atoms with Crippen molar-refractivity contribution in [3.8, 4) is 5.75 Å². The molecule has 0 saturated heterocycles. The number of hydrogen-bond acceptors (Lipinski definition) is 3. The second-order valence-electron chi connectivity index (χ2n) is 5.76. The molecule has 174 valence electrons. The van der Waals surface area contributed by atoms with Gasteiger partial charge in [0, 0.05) is 0 Å². The van der Waals surface area contributed by atoms with Crippen LogP contribution in [-0.2, 0) is 9.47 Å². The maximum Gasteiger partial charge on any atom is 0.527 e. The third kappa shape index (κ3) is 5.44. The van der Waals surface area contributed by atoms with Crippen LogP contribution in [0.5, 0.6) is 5.75 Å². The van der Waals surface area contributed by atoms with Crippen LogP contribution in [0.25, 0.3) is 10.8 Å². The van der Waals surface area contributed by atoms with Gasteiger partial charge in [0.1, 0.15) is 5.75 Å². The summed E-state index contributed by atoms with van der Waals surface area (Å²) < 4.78 is 162. The van der Waals surface area contributed by atoms with E-state index >= 15 is 0 Å². The Bertz CT molecular complexity index is 912. The Balaban J connectivity index is 2.20. The van der Waals surface area contributed by atoms with Gasteiger partial charge >= 0.3 is 37.0 Å². The number of rotatable bonds is 8. The zero-order chi connectivity index (χ0) is 23.9. The van der Waals surface area contributed by atoms with Gasteiger partial charge in [-0.15, -0.1) is 13.2 Å². The molecule has 2 rings (SSSR count). The van der Waals surface area contributed by atoms with Gasteiger partial charge in [-0.05, 0) is 22.9 Å². The largest absolute Gasteiger partial charge is 0.527 e. The molecule has 0 radical (unpaired) electrons. The molecule has 0 N–H and O–H groups in total. The van der Waals surface area contributed by atoms with Crippen LogP contribution in [0, 0.1) is 0 Å². The Kier molecular flexibility index (Phi) is 6.35. The topological polar surface area (TPSA) is 27.7 Å². The lowest BCUT2D eigenvalue weighted by molar-refractivity contribution is -0.518. The lowest BCUT2D eigenvalue weighted by Gasteiger charge is -2.33. The van der Waals surface area contributed by atoms with E-state index in [1.54, 1.807) is 10.8 Å². The molecule has 0 aliphatic rings. The predicted octanol–water partition coefficient (Wildman–Crippen LogP) is 6.48. The summed E-state index contributed by atoms with van der Waals surface area (Å²) >= 11 is 0. The molecule has 0 aliphatic heterocycles. The number of fused-ring (bicyclic) bond motifs is 1. The van der Waals surface area contributed by atoms with Crippen molar-refractivity contribution in [3.05, 3.63) is 42.5 Å². The molecular formula is C16H8F12O3. The lowest BCUT2D eigenvalue weighted by atomic mass is 10.1. The zero-order valence-corrected chi connectivity index (χ0v) is 14.4. The van der Waals surface area contributed by atoms with Crippen LogP contribution < -0.4 is 4.74 Å². The maximum atomic E-state index is 13.7. The third-order valence-electron chi connectivity index (χ3n) is 3.47. The quantitative estimate of drug-likeness (QED) is 0.409. The Morgan fingerprint density at radius 3 is 1.77 bits per heavy atom. The highest BCUT2D eigenvalue weighted by atomic mass is 19.4. The third-order valence-corrected chi connectivity index (χ3v) is 3.47. The van der Waals surface area contributed by atoms with Crippen molar-refractivity contribution in [2.24, 2.45) is 0 Å². The van der Waals surface area contributed by atoms with Crippen molar-refractivity contribution in [3.63, 3.8) is 0 Å². The highest BCUT2D eigenvalue weighted by Crippen LogP contribution is 2.50. The summed E-state index contributed by atoms with van der Waals surface area (Å²) in [7, 11) is 0. The molecule has 15 heteroatoms. The summed E-state index contributed by atoms with van der Waals surface area (Å²) in [6.07, 6.45) is -30.7. The first-order valence-corrected chi connectivity index (χ1v) is 7.66. The van der Waals surface area contributed by atoms with E-state index in [0.29, 0.717) is 5.39 Å². The van der Waals surface area contributed by atoms with Gasteiger partial charge in [0.15, 0.2) is 0 Å². The van der Waals surface area contributed by atoms with Crippen LogP contribution in [0.3, 0.4) is 0 Å². The smallest absolute Gasteiger partial charge is 0.429 e. The molecule has 31 heavy (non-hydrogen) atoms. The van der Waals surface area contributed by atoms with E-state index in [2.05, 4.69) is 9.47 Å². The molecule has 0 bridgehead atoms. The normalized spacial score (nSPS) is 15.2. The number of alkyl halides is 12. The summed E-state index contributed by atoms with van der Waals surface area (Å²) in [6.45, 7) is 0. The van der Waals surface area contributed by atoms with E-state index in [1.807, 2.05) is 0 Å². The Morgan fingerprint density at radius 1 is 0.677 bits per heavy atom. The molecule has 0 fully saturated rings. The Morgan fingerprint density at radius 2 is 1.23 bits per heavy atom. The lowest BCUT2D eigenvalue weighted by Crippen LogP contribution is -2.59. The van der Waals surface area contributed by atoms with Crippen LogP contribution in [-0.4, -0.2) is 37.0 Å². The second kappa shape index (κ2) is 7.93. The summed E-state index contributed by atoms with van der Waals surface area (Å²) in [5.74, 6) is -8.09. The summed E-state index contributed by atoms with van der Waals surface area (Å²) in [6, 6.07) is 8.76. The van der Waals surface area contributed by atoms with Gasteiger partial charge in [-0.25, -0.2) is 9.13 Å². The SMILES string of the molecule is FC(OC(F)(F)C(F)(F)C(F)(F)OC(F)(F)F)C(F)(F)Oc1ccc2ccccc2c1. The molecule has 0 spiro atoms. The minimum absolute atomic E-state index is 0.243. The van der Waals surface area contributed by atoms with Crippen LogP contribution in [0.15, 0.2) is 42.5 Å². The van der Waals surface area contributed by atoms with Gasteiger partial charge in [-0.3, -0.25) is 4.74 Å². The Labute approximate surface area is 164 Å². The van der Waals surface area contributed by atoms with Crippen LogP contribution in [0.4, 0.5) is 52.7 Å². The average Bonchev–Trinajstić information content (AvgIpc) is 2.58. The molecule has 0 aliphatic carbocycles. The van der Waals surface area contributed by atoms with E-state index in [9.17, 15) is 52.7 Å². The monoisotopic (exact) mass is 476 g/mol. The highest BCUT2D eigenvalue weighted by Gasteiger charge is 2.78. The van der Waals surface area contributed by atoms with Gasteiger partial charge in [-0.1, -0.05) is 30.3 Å². The number of ether oxygens (including phenoxy) is 3. The summed E-state index contributed by atoms with van der Waals surface area (Å²) in [5, 5.41) is 0.720. The van der Waals surface area contributed by atoms with Crippen molar-refractivity contribution in [1.29, 1.82) is 0 Å². The van der Waals surface area contributed by atoms with E-state index < -0.39 is 42.7 Å². The summed E-state index contributed by atoms with van der Waals surface area (Å²) in [5.41, 5.74) is 0. The minimum Gasteiger partial charge on any atom is -0.429 e. The predicted molar refractivity (Wildman–Crippen MR) is 77.5 cm³/mol. The molecule has 1 atom stereocenters. The van der Waals surface area contributed by atoms with Crippen molar-refractivity contribution >= 4 is 10.8 Å². The first-order chi connectivity index (χ1) is 13.9. The van der Waals surface area contributed by atoms with Gasteiger partial charge in [0.25, 0.3) is 0 Å². The van der Waals surface area contributed by atoms with Crippen molar-refractivity contribution in [1.82, 2.24) is 0 Å². The van der Waals surface area contributed by atoms with Crippen molar-refractivity contribution < 1.29 is 66.9 Å². The number of benzene rings is 2. The number of hydrogen-bond donors (Lipinski definition) is 0. The highest BCUT2D eigenvalue weighted by molar-refractivity contribution is 5.83. The second-order valence-corrected chi connectivity index (χ2v) is 5.76. The van der Waals surface area contributed by atoms with Crippen molar-refractivity contribution in [2.75, 3.05) is 0 Å². The molecule has 3 nitrogen and oxygen atoms in total.